The molecule has 0 saturated heterocycles. The zero-order valence-electron chi connectivity index (χ0n) is 13.7. The van der Waals surface area contributed by atoms with Gasteiger partial charge in [-0.05, 0) is 43.4 Å². The summed E-state index contributed by atoms with van der Waals surface area (Å²) in [4.78, 5) is 21.5. The van der Waals surface area contributed by atoms with Crippen LogP contribution in [0.2, 0.25) is 0 Å². The molecule has 122 valence electrons. The summed E-state index contributed by atoms with van der Waals surface area (Å²) in [7, 11) is 0. The molecule has 2 aromatic rings. The van der Waals surface area contributed by atoms with Crippen LogP contribution in [-0.2, 0) is 6.54 Å². The number of amides is 2. The lowest BCUT2D eigenvalue weighted by atomic mass is 10.1. The predicted octanol–water partition coefficient (Wildman–Crippen LogP) is 3.46. The van der Waals surface area contributed by atoms with Gasteiger partial charge in [-0.2, -0.15) is 0 Å². The second kappa shape index (κ2) is 8.53. The lowest BCUT2D eigenvalue weighted by Gasteiger charge is -2.15. The summed E-state index contributed by atoms with van der Waals surface area (Å²) in [6.45, 7) is 6.31. The fourth-order valence-electron chi connectivity index (χ4n) is 2.12. The average Bonchev–Trinajstić information content (AvgIpc) is 2.54. The molecule has 0 fully saturated rings. The molecule has 2 rings (SSSR count). The summed E-state index contributed by atoms with van der Waals surface area (Å²) in [5.41, 5.74) is 1.87. The number of carbonyl (C=O) groups excluding carboxylic acids is 1. The van der Waals surface area contributed by atoms with Gasteiger partial charge in [-0.1, -0.05) is 19.1 Å². The molecule has 0 radical (unpaired) electrons. The molecule has 1 heterocycles. The third kappa shape index (κ3) is 5.56. The Morgan fingerprint density at radius 1 is 1.26 bits per heavy atom. The normalized spacial score (nSPS) is 11.8. The van der Waals surface area contributed by atoms with Gasteiger partial charge in [0.15, 0.2) is 0 Å². The highest BCUT2D eigenvalue weighted by Crippen LogP contribution is 2.20. The van der Waals surface area contributed by atoms with Gasteiger partial charge in [0.1, 0.15) is 5.82 Å². The first-order chi connectivity index (χ1) is 11.1. The third-order valence-electron chi connectivity index (χ3n) is 3.30. The van der Waals surface area contributed by atoms with E-state index in [1.807, 2.05) is 13.8 Å². The zero-order valence-corrected chi connectivity index (χ0v) is 14.5. The average molecular weight is 330 g/mol. The van der Waals surface area contributed by atoms with E-state index in [1.165, 1.54) is 4.90 Å². The lowest BCUT2D eigenvalue weighted by Crippen LogP contribution is -2.36. The van der Waals surface area contributed by atoms with Crippen molar-refractivity contribution >= 4 is 17.8 Å². The van der Waals surface area contributed by atoms with E-state index in [4.69, 9.17) is 0 Å². The van der Waals surface area contributed by atoms with E-state index in [0.29, 0.717) is 12.4 Å². The maximum absolute atomic E-state index is 12.0. The van der Waals surface area contributed by atoms with Crippen LogP contribution in [0, 0.1) is 6.92 Å². The van der Waals surface area contributed by atoms with Crippen LogP contribution in [0.3, 0.4) is 0 Å². The van der Waals surface area contributed by atoms with Crippen LogP contribution in [0.1, 0.15) is 37.0 Å². The number of aryl methyl sites for hydroxylation is 1. The minimum atomic E-state index is -0.208. The van der Waals surface area contributed by atoms with Gasteiger partial charge >= 0.3 is 6.03 Å². The van der Waals surface area contributed by atoms with E-state index in [9.17, 15) is 4.79 Å². The molecular formula is C17H22N4OS. The highest BCUT2D eigenvalue weighted by Gasteiger charge is 2.09. The number of urea groups is 1. The van der Waals surface area contributed by atoms with Crippen molar-refractivity contribution in [1.29, 1.82) is 0 Å². The molecule has 6 heteroatoms. The van der Waals surface area contributed by atoms with Crippen LogP contribution in [0.15, 0.2) is 41.4 Å². The summed E-state index contributed by atoms with van der Waals surface area (Å²) in [5.74, 6) is 1.75. The van der Waals surface area contributed by atoms with Gasteiger partial charge in [0.25, 0.3) is 0 Å². The van der Waals surface area contributed by atoms with E-state index in [0.717, 1.165) is 17.0 Å². The number of thioether (sulfide) groups is 1. The Labute approximate surface area is 141 Å². The SMILES string of the molecule is CCSc1ccc([C@H](C)NC(=O)NCc2ccnc(C)n2)cc1. The Bertz CT molecular complexity index is 645. The van der Waals surface area contributed by atoms with Crippen LogP contribution in [0.5, 0.6) is 0 Å². The molecule has 0 bridgehead atoms. The zero-order chi connectivity index (χ0) is 16.7. The van der Waals surface area contributed by atoms with Crippen LogP contribution < -0.4 is 10.6 Å². The summed E-state index contributed by atoms with van der Waals surface area (Å²) in [6, 6.07) is 9.81. The van der Waals surface area contributed by atoms with Gasteiger partial charge in [0.2, 0.25) is 0 Å². The monoisotopic (exact) mass is 330 g/mol. The molecule has 1 atom stereocenters. The van der Waals surface area contributed by atoms with Crippen molar-refractivity contribution in [2.45, 2.75) is 38.3 Å². The first-order valence-corrected chi connectivity index (χ1v) is 8.62. The molecule has 1 aromatic heterocycles. The molecule has 0 aliphatic carbocycles. The number of benzene rings is 1. The second-order valence-corrected chi connectivity index (χ2v) is 6.48. The maximum Gasteiger partial charge on any atom is 0.315 e. The summed E-state index contributed by atoms with van der Waals surface area (Å²) in [5, 5.41) is 5.75. The van der Waals surface area contributed by atoms with Gasteiger partial charge in [-0.3, -0.25) is 0 Å². The van der Waals surface area contributed by atoms with Crippen LogP contribution in [-0.4, -0.2) is 21.8 Å². The van der Waals surface area contributed by atoms with E-state index < -0.39 is 0 Å². The number of nitrogens with one attached hydrogen (secondary N) is 2. The van der Waals surface area contributed by atoms with Gasteiger partial charge in [-0.25, -0.2) is 14.8 Å². The van der Waals surface area contributed by atoms with E-state index >= 15 is 0 Å². The number of hydrogen-bond donors (Lipinski definition) is 2. The minimum Gasteiger partial charge on any atom is -0.332 e. The van der Waals surface area contributed by atoms with E-state index in [1.54, 1.807) is 24.0 Å². The Hall–Kier alpha value is -2.08. The maximum atomic E-state index is 12.0. The fraction of sp³-hybridized carbons (Fsp3) is 0.353. The van der Waals surface area contributed by atoms with Crippen LogP contribution in [0.4, 0.5) is 4.79 Å². The standard InChI is InChI=1S/C17H22N4OS/c1-4-23-16-7-5-14(6-8-16)12(2)20-17(22)19-11-15-9-10-18-13(3)21-15/h5-10,12H,4,11H2,1-3H3,(H2,19,20,22)/t12-/m0/s1. The van der Waals surface area contributed by atoms with Gasteiger partial charge in [-0.15, -0.1) is 11.8 Å². The Balaban J connectivity index is 1.84. The Morgan fingerprint density at radius 2 is 2.00 bits per heavy atom. The lowest BCUT2D eigenvalue weighted by molar-refractivity contribution is 0.237. The van der Waals surface area contributed by atoms with Crippen LogP contribution in [0.25, 0.3) is 0 Å². The second-order valence-electron chi connectivity index (χ2n) is 5.15. The summed E-state index contributed by atoms with van der Waals surface area (Å²) < 4.78 is 0. The van der Waals surface area contributed by atoms with Crippen molar-refractivity contribution in [2.75, 3.05) is 5.75 Å². The molecule has 2 N–H and O–H groups in total. The van der Waals surface area contributed by atoms with Crippen LogP contribution >= 0.6 is 11.8 Å². The van der Waals surface area contributed by atoms with Gasteiger partial charge in [0.05, 0.1) is 18.3 Å². The molecule has 2 amide bonds. The number of aromatic nitrogens is 2. The van der Waals surface area contributed by atoms with Gasteiger partial charge in [0, 0.05) is 11.1 Å². The predicted molar refractivity (Wildman–Crippen MR) is 93.4 cm³/mol. The minimum absolute atomic E-state index is 0.0530. The number of nitrogens with zero attached hydrogens (tertiary/aromatic N) is 2. The van der Waals surface area contributed by atoms with Crippen molar-refractivity contribution in [3.8, 4) is 0 Å². The molecule has 0 aliphatic heterocycles. The fourth-order valence-corrected chi connectivity index (χ4v) is 2.79. The van der Waals surface area contributed by atoms with Gasteiger partial charge < -0.3 is 10.6 Å². The highest BCUT2D eigenvalue weighted by molar-refractivity contribution is 7.99. The topological polar surface area (TPSA) is 66.9 Å². The third-order valence-corrected chi connectivity index (χ3v) is 4.20. The number of carbonyl (C=O) groups is 1. The largest absolute Gasteiger partial charge is 0.332 e. The van der Waals surface area contributed by atoms with Crippen molar-refractivity contribution < 1.29 is 4.79 Å². The molecule has 0 aliphatic rings. The smallest absolute Gasteiger partial charge is 0.315 e. The molecule has 0 spiro atoms. The Kier molecular flexibility index (Phi) is 6.40. The quantitative estimate of drug-likeness (QED) is 0.796. The van der Waals surface area contributed by atoms with Crippen molar-refractivity contribution in [2.24, 2.45) is 0 Å². The summed E-state index contributed by atoms with van der Waals surface area (Å²) >= 11 is 1.80. The highest BCUT2D eigenvalue weighted by atomic mass is 32.2. The van der Waals surface area contributed by atoms with E-state index in [2.05, 4.69) is 51.8 Å². The van der Waals surface area contributed by atoms with Crippen molar-refractivity contribution in [1.82, 2.24) is 20.6 Å². The van der Waals surface area contributed by atoms with E-state index in [-0.39, 0.29) is 12.1 Å². The van der Waals surface area contributed by atoms with Crippen molar-refractivity contribution in [3.05, 3.63) is 53.6 Å². The Morgan fingerprint density at radius 3 is 2.65 bits per heavy atom. The molecular weight excluding hydrogens is 308 g/mol. The summed E-state index contributed by atoms with van der Waals surface area (Å²) in [6.07, 6.45) is 1.69. The molecule has 23 heavy (non-hydrogen) atoms. The first kappa shape index (κ1) is 17.3. The number of rotatable bonds is 6. The molecule has 1 aromatic carbocycles. The molecule has 0 unspecified atom stereocenters. The first-order valence-electron chi connectivity index (χ1n) is 7.64. The molecule has 0 saturated carbocycles. The van der Waals surface area contributed by atoms with Crippen molar-refractivity contribution in [3.63, 3.8) is 0 Å². The number of hydrogen-bond acceptors (Lipinski definition) is 4. The molecule has 5 nitrogen and oxygen atoms in total.